The molecule has 2 fully saturated rings. The van der Waals surface area contributed by atoms with Crippen molar-refractivity contribution in [1.29, 1.82) is 5.26 Å². The Bertz CT molecular complexity index is 1130. The Kier molecular flexibility index (Phi) is 5.87. The number of hydrogen-bond acceptors (Lipinski definition) is 7. The second kappa shape index (κ2) is 9.09. The van der Waals surface area contributed by atoms with Crippen LogP contribution in [0.3, 0.4) is 0 Å². The van der Waals surface area contributed by atoms with Crippen molar-refractivity contribution in [2.24, 2.45) is 0 Å². The minimum atomic E-state index is 0.126. The number of nitriles is 1. The van der Waals surface area contributed by atoms with Crippen molar-refractivity contribution in [3.63, 3.8) is 0 Å². The van der Waals surface area contributed by atoms with Gasteiger partial charge < -0.3 is 15.0 Å². The largest absolute Gasteiger partial charge is 0.375 e. The van der Waals surface area contributed by atoms with Crippen molar-refractivity contribution < 1.29 is 4.74 Å². The zero-order valence-electron chi connectivity index (χ0n) is 18.4. The van der Waals surface area contributed by atoms with Crippen molar-refractivity contribution in [3.8, 4) is 6.07 Å². The zero-order chi connectivity index (χ0) is 21.9. The van der Waals surface area contributed by atoms with Gasteiger partial charge in [0.2, 0.25) is 5.95 Å². The molecule has 1 aliphatic heterocycles. The van der Waals surface area contributed by atoms with Gasteiger partial charge in [0, 0.05) is 25.0 Å². The fourth-order valence-electron chi connectivity index (χ4n) is 4.71. The molecule has 1 aromatic carbocycles. The Hall–Kier alpha value is -3.24. The van der Waals surface area contributed by atoms with Crippen molar-refractivity contribution in [2.75, 3.05) is 29.9 Å². The lowest BCUT2D eigenvalue weighted by Gasteiger charge is -2.31. The number of anilines is 3. The van der Waals surface area contributed by atoms with E-state index in [9.17, 15) is 5.26 Å². The van der Waals surface area contributed by atoms with Crippen LogP contribution in [0, 0.1) is 11.3 Å². The number of ether oxygens (including phenoxy) is 1. The number of nitrogens with zero attached hydrogens (tertiary/aromatic N) is 5. The van der Waals surface area contributed by atoms with Crippen molar-refractivity contribution >= 4 is 28.5 Å². The van der Waals surface area contributed by atoms with Crippen molar-refractivity contribution in [2.45, 2.75) is 51.0 Å². The molecule has 32 heavy (non-hydrogen) atoms. The Morgan fingerprint density at radius 3 is 2.69 bits per heavy atom. The molecule has 164 valence electrons. The Morgan fingerprint density at radius 1 is 1.12 bits per heavy atom. The molecule has 5 rings (SSSR count). The molecule has 7 heteroatoms. The highest BCUT2D eigenvalue weighted by atomic mass is 16.5. The molecular weight excluding hydrogens is 400 g/mol. The smallest absolute Gasteiger partial charge is 0.229 e. The maximum absolute atomic E-state index is 9.35. The topological polar surface area (TPSA) is 87.0 Å². The lowest BCUT2D eigenvalue weighted by molar-refractivity contribution is 0.0526. The van der Waals surface area contributed by atoms with E-state index < -0.39 is 0 Å². The summed E-state index contributed by atoms with van der Waals surface area (Å²) < 4.78 is 5.67. The highest BCUT2D eigenvalue weighted by Crippen LogP contribution is 2.34. The second-order valence-corrected chi connectivity index (χ2v) is 8.79. The summed E-state index contributed by atoms with van der Waals surface area (Å²) in [5.74, 6) is 1.97. The number of pyridine rings is 1. The first-order chi connectivity index (χ1) is 15.7. The van der Waals surface area contributed by atoms with Gasteiger partial charge in [-0.05, 0) is 49.4 Å². The Morgan fingerprint density at radius 2 is 1.94 bits per heavy atom. The molecule has 0 bridgehead atoms. The van der Waals surface area contributed by atoms with Gasteiger partial charge in [-0.15, -0.1) is 0 Å². The van der Waals surface area contributed by atoms with E-state index in [1.165, 1.54) is 37.7 Å². The standard InChI is InChI=1S/C25H28N6O/c1-17-16-31(11-12-32-17)25-29-23-22(13-18(14-26)15-27-23)24(30-25)28-21-9-7-20(8-10-21)19-5-3-2-4-6-19/h7-10,13,15,17,19H,2-6,11-12,16H2,1H3,(H,27,28,29,30)/t17-/m1/s1. The molecule has 2 aromatic heterocycles. The normalized spacial score (nSPS) is 19.6. The van der Waals surface area contributed by atoms with E-state index >= 15 is 0 Å². The van der Waals surface area contributed by atoms with Gasteiger partial charge in [-0.1, -0.05) is 31.4 Å². The average molecular weight is 429 g/mol. The molecule has 1 aliphatic carbocycles. The van der Waals surface area contributed by atoms with Crippen LogP contribution < -0.4 is 10.2 Å². The summed E-state index contributed by atoms with van der Waals surface area (Å²) in [6, 6.07) is 12.7. The lowest BCUT2D eigenvalue weighted by Crippen LogP contribution is -2.42. The molecule has 3 heterocycles. The fraction of sp³-hybridized carbons (Fsp3) is 0.440. The summed E-state index contributed by atoms with van der Waals surface area (Å²) in [6.07, 6.45) is 8.27. The third-order valence-electron chi connectivity index (χ3n) is 6.44. The van der Waals surface area contributed by atoms with Crippen LogP contribution in [0.5, 0.6) is 0 Å². The van der Waals surface area contributed by atoms with Crippen LogP contribution in [0.4, 0.5) is 17.5 Å². The highest BCUT2D eigenvalue weighted by Gasteiger charge is 2.21. The van der Waals surface area contributed by atoms with Crippen molar-refractivity contribution in [3.05, 3.63) is 47.7 Å². The minimum Gasteiger partial charge on any atom is -0.375 e. The Balaban J connectivity index is 1.47. The van der Waals surface area contributed by atoms with Crippen molar-refractivity contribution in [1.82, 2.24) is 15.0 Å². The third kappa shape index (κ3) is 4.37. The first-order valence-electron chi connectivity index (χ1n) is 11.5. The second-order valence-electron chi connectivity index (χ2n) is 8.79. The molecule has 0 unspecified atom stereocenters. The molecule has 1 N–H and O–H groups in total. The van der Waals surface area contributed by atoms with E-state index in [0.29, 0.717) is 35.5 Å². The van der Waals surface area contributed by atoms with Gasteiger partial charge in [-0.25, -0.2) is 4.98 Å². The molecule has 7 nitrogen and oxygen atoms in total. The molecule has 1 saturated heterocycles. The first kappa shape index (κ1) is 20.7. The number of aromatic nitrogens is 3. The van der Waals surface area contributed by atoms with E-state index in [0.717, 1.165) is 24.2 Å². The number of benzene rings is 1. The van der Waals surface area contributed by atoms with Gasteiger partial charge in [0.25, 0.3) is 0 Å². The monoisotopic (exact) mass is 428 g/mol. The summed E-state index contributed by atoms with van der Waals surface area (Å²) >= 11 is 0. The van der Waals surface area contributed by atoms with Gasteiger partial charge >= 0.3 is 0 Å². The molecule has 2 aliphatic rings. The maximum atomic E-state index is 9.35. The van der Waals surface area contributed by atoms with Crippen LogP contribution in [0.25, 0.3) is 11.0 Å². The van der Waals surface area contributed by atoms with E-state index in [1.54, 1.807) is 12.3 Å². The molecule has 1 saturated carbocycles. The molecule has 0 radical (unpaired) electrons. The molecule has 1 atom stereocenters. The molecule has 0 amide bonds. The van der Waals surface area contributed by atoms with E-state index in [2.05, 4.69) is 57.4 Å². The fourth-order valence-corrected chi connectivity index (χ4v) is 4.71. The number of rotatable bonds is 4. The summed E-state index contributed by atoms with van der Waals surface area (Å²) in [5, 5.41) is 13.5. The molecular formula is C25H28N6O. The summed E-state index contributed by atoms with van der Waals surface area (Å²) in [4.78, 5) is 16.1. The summed E-state index contributed by atoms with van der Waals surface area (Å²) in [7, 11) is 0. The van der Waals surface area contributed by atoms with E-state index in [1.807, 2.05) is 0 Å². The van der Waals surface area contributed by atoms with Gasteiger partial charge in [0.1, 0.15) is 11.9 Å². The quantitative estimate of drug-likeness (QED) is 0.631. The third-order valence-corrected chi connectivity index (χ3v) is 6.44. The van der Waals surface area contributed by atoms with Crippen LogP contribution in [0.2, 0.25) is 0 Å². The molecule has 3 aromatic rings. The van der Waals surface area contributed by atoms with Crippen LogP contribution in [0.1, 0.15) is 56.1 Å². The number of morpholine rings is 1. The van der Waals surface area contributed by atoms with Crippen LogP contribution in [-0.4, -0.2) is 40.8 Å². The van der Waals surface area contributed by atoms with Gasteiger partial charge in [-0.3, -0.25) is 0 Å². The first-order valence-corrected chi connectivity index (χ1v) is 11.5. The maximum Gasteiger partial charge on any atom is 0.229 e. The average Bonchev–Trinajstić information content (AvgIpc) is 2.84. The minimum absolute atomic E-state index is 0.126. The number of nitrogens with one attached hydrogen (secondary N) is 1. The summed E-state index contributed by atoms with van der Waals surface area (Å²) in [5.41, 5.74) is 3.45. The number of hydrogen-bond donors (Lipinski definition) is 1. The SMILES string of the molecule is C[C@@H]1CN(c2nc(Nc3ccc(C4CCCCC4)cc3)c3cc(C#N)cnc3n2)CCO1. The predicted molar refractivity (Wildman–Crippen MR) is 125 cm³/mol. The van der Waals surface area contributed by atoms with Crippen LogP contribution >= 0.6 is 0 Å². The van der Waals surface area contributed by atoms with Gasteiger partial charge in [-0.2, -0.15) is 15.2 Å². The predicted octanol–water partition coefficient (Wildman–Crippen LogP) is 4.91. The van der Waals surface area contributed by atoms with E-state index in [-0.39, 0.29) is 6.10 Å². The highest BCUT2D eigenvalue weighted by molar-refractivity contribution is 5.90. The number of fused-ring (bicyclic) bond motifs is 1. The van der Waals surface area contributed by atoms with Gasteiger partial charge in [0.05, 0.1) is 23.7 Å². The van der Waals surface area contributed by atoms with Crippen LogP contribution in [0.15, 0.2) is 36.5 Å². The van der Waals surface area contributed by atoms with E-state index in [4.69, 9.17) is 9.72 Å². The van der Waals surface area contributed by atoms with Gasteiger partial charge in [0.15, 0.2) is 5.65 Å². The Labute approximate surface area is 188 Å². The van der Waals surface area contributed by atoms with Crippen LogP contribution in [-0.2, 0) is 4.74 Å². The summed E-state index contributed by atoms with van der Waals surface area (Å²) in [6.45, 7) is 4.17. The zero-order valence-corrected chi connectivity index (χ0v) is 18.4. The molecule has 0 spiro atoms. The lowest BCUT2D eigenvalue weighted by atomic mass is 9.84.